The van der Waals surface area contributed by atoms with Gasteiger partial charge in [0.1, 0.15) is 33.7 Å². The third kappa shape index (κ3) is 5.06. The predicted octanol–water partition coefficient (Wildman–Crippen LogP) is 4.01. The normalized spacial score (nSPS) is 13.8. The Hall–Kier alpha value is -3.41. The standard InChI is InChI=1S/C22H24F3N5O3S/c1-22(2,34(4,31)32)21(26)30-18(19(24)25)15-10-13(5-6-16(15)23)29-20-17-12(7-8-27-20)9-14(33-3)11-28-17/h5-11,18-19H,1-4H3,(H2,26,30)(H,27,29). The van der Waals surface area contributed by atoms with E-state index in [1.165, 1.54) is 39.4 Å². The Kier molecular flexibility index (Phi) is 7.01. The number of nitrogens with two attached hydrogens (primary N) is 1. The molecule has 0 amide bonds. The van der Waals surface area contributed by atoms with Crippen LogP contribution in [0.3, 0.4) is 0 Å². The topological polar surface area (TPSA) is 120 Å². The molecular weight excluding hydrogens is 471 g/mol. The number of sulfone groups is 1. The molecule has 182 valence electrons. The molecule has 3 rings (SSSR count). The van der Waals surface area contributed by atoms with Crippen LogP contribution in [-0.4, -0.2) is 48.8 Å². The first-order valence-corrected chi connectivity index (χ1v) is 11.9. The molecule has 0 radical (unpaired) electrons. The summed E-state index contributed by atoms with van der Waals surface area (Å²) in [5.74, 6) is -0.640. The Morgan fingerprint density at radius 3 is 2.53 bits per heavy atom. The second-order valence-corrected chi connectivity index (χ2v) is 10.6. The summed E-state index contributed by atoms with van der Waals surface area (Å²) >= 11 is 0. The number of nitrogens with one attached hydrogen (secondary N) is 1. The summed E-state index contributed by atoms with van der Waals surface area (Å²) in [6.45, 7) is 2.48. The average molecular weight is 496 g/mol. The number of amidine groups is 1. The first-order valence-electron chi connectivity index (χ1n) is 10.0. The fourth-order valence-electron chi connectivity index (χ4n) is 2.98. The Labute approximate surface area is 195 Å². The van der Waals surface area contributed by atoms with Crippen molar-refractivity contribution in [3.8, 4) is 5.75 Å². The molecule has 2 aromatic heterocycles. The molecule has 3 N–H and O–H groups in total. The molecule has 0 saturated heterocycles. The van der Waals surface area contributed by atoms with Crippen LogP contribution in [0.4, 0.5) is 24.7 Å². The molecule has 1 unspecified atom stereocenters. The number of alkyl halides is 2. The Morgan fingerprint density at radius 2 is 1.91 bits per heavy atom. The third-order valence-corrected chi connectivity index (χ3v) is 7.51. The predicted molar refractivity (Wildman–Crippen MR) is 125 cm³/mol. The van der Waals surface area contributed by atoms with E-state index in [1.807, 2.05) is 0 Å². The van der Waals surface area contributed by atoms with Crippen molar-refractivity contribution < 1.29 is 26.3 Å². The summed E-state index contributed by atoms with van der Waals surface area (Å²) in [7, 11) is -2.26. The van der Waals surface area contributed by atoms with Crippen LogP contribution < -0.4 is 15.8 Å². The van der Waals surface area contributed by atoms with Crippen LogP contribution in [-0.2, 0) is 9.84 Å². The van der Waals surface area contributed by atoms with Gasteiger partial charge in [-0.15, -0.1) is 0 Å². The van der Waals surface area contributed by atoms with Crippen molar-refractivity contribution in [3.05, 3.63) is 54.1 Å². The highest BCUT2D eigenvalue weighted by Crippen LogP contribution is 2.32. The molecule has 0 saturated carbocycles. The lowest BCUT2D eigenvalue weighted by Gasteiger charge is -2.24. The van der Waals surface area contributed by atoms with E-state index in [0.717, 1.165) is 18.4 Å². The minimum Gasteiger partial charge on any atom is -0.495 e. The van der Waals surface area contributed by atoms with Crippen molar-refractivity contribution in [2.45, 2.75) is 31.1 Å². The molecule has 3 aromatic rings. The van der Waals surface area contributed by atoms with Gasteiger partial charge in [-0.25, -0.2) is 31.6 Å². The van der Waals surface area contributed by atoms with Gasteiger partial charge in [0.15, 0.2) is 15.7 Å². The van der Waals surface area contributed by atoms with Gasteiger partial charge in [0.2, 0.25) is 0 Å². The zero-order chi connectivity index (χ0) is 25.3. The number of ether oxygens (including phenoxy) is 1. The number of benzene rings is 1. The second-order valence-electron chi connectivity index (χ2n) is 8.04. The van der Waals surface area contributed by atoms with Crippen molar-refractivity contribution in [2.75, 3.05) is 18.7 Å². The molecule has 1 aromatic carbocycles. The SMILES string of the molecule is COc1cnc2c(Nc3ccc(F)c(C(N=C(N)C(C)(C)S(C)(=O)=O)C(F)F)c3)nccc2c1. The van der Waals surface area contributed by atoms with E-state index in [0.29, 0.717) is 22.5 Å². The molecule has 0 bridgehead atoms. The van der Waals surface area contributed by atoms with Gasteiger partial charge in [0.05, 0.1) is 13.3 Å². The number of hydrogen-bond donors (Lipinski definition) is 2. The van der Waals surface area contributed by atoms with E-state index in [1.54, 1.807) is 12.1 Å². The number of halogens is 3. The lowest BCUT2D eigenvalue weighted by molar-refractivity contribution is 0.115. The van der Waals surface area contributed by atoms with E-state index >= 15 is 0 Å². The summed E-state index contributed by atoms with van der Waals surface area (Å²) in [6, 6.07) is 4.95. The van der Waals surface area contributed by atoms with Gasteiger partial charge in [-0.1, -0.05) is 0 Å². The second kappa shape index (κ2) is 9.45. The number of nitrogens with zero attached hydrogens (tertiary/aromatic N) is 3. The number of aliphatic imine (C=N–C) groups is 1. The summed E-state index contributed by atoms with van der Waals surface area (Å²) in [5.41, 5.74) is 6.05. The first-order chi connectivity index (χ1) is 15.8. The quantitative estimate of drug-likeness (QED) is 0.358. The van der Waals surface area contributed by atoms with Crippen LogP contribution in [0.25, 0.3) is 10.9 Å². The molecular formula is C22H24F3N5O3S. The smallest absolute Gasteiger partial charge is 0.264 e. The first kappa shape index (κ1) is 25.2. The van der Waals surface area contributed by atoms with Gasteiger partial charge in [0, 0.05) is 29.1 Å². The number of pyridine rings is 2. The number of rotatable bonds is 8. The van der Waals surface area contributed by atoms with Crippen molar-refractivity contribution in [2.24, 2.45) is 10.7 Å². The van der Waals surface area contributed by atoms with E-state index < -0.39 is 44.3 Å². The van der Waals surface area contributed by atoms with E-state index in [9.17, 15) is 21.6 Å². The number of hydrogen-bond acceptors (Lipinski definition) is 7. The Bertz CT molecular complexity index is 1350. The van der Waals surface area contributed by atoms with E-state index in [-0.39, 0.29) is 5.69 Å². The number of aromatic nitrogens is 2. The van der Waals surface area contributed by atoms with Crippen LogP contribution >= 0.6 is 0 Å². The Balaban J connectivity index is 2.03. The van der Waals surface area contributed by atoms with Crippen molar-refractivity contribution in [1.29, 1.82) is 0 Å². The van der Waals surface area contributed by atoms with Crippen LogP contribution in [0, 0.1) is 5.82 Å². The monoisotopic (exact) mass is 495 g/mol. The molecule has 1 atom stereocenters. The maximum atomic E-state index is 14.6. The summed E-state index contributed by atoms with van der Waals surface area (Å²) in [6.07, 6.45) is 0.789. The minimum atomic E-state index is -3.77. The maximum absolute atomic E-state index is 14.6. The lowest BCUT2D eigenvalue weighted by atomic mass is 10.1. The maximum Gasteiger partial charge on any atom is 0.264 e. The van der Waals surface area contributed by atoms with E-state index in [4.69, 9.17) is 10.5 Å². The summed E-state index contributed by atoms with van der Waals surface area (Å²) in [5, 5.41) is 3.67. The van der Waals surface area contributed by atoms with Gasteiger partial charge in [0.25, 0.3) is 6.43 Å². The van der Waals surface area contributed by atoms with Crippen molar-refractivity contribution in [1.82, 2.24) is 9.97 Å². The molecule has 0 aliphatic heterocycles. The van der Waals surface area contributed by atoms with Gasteiger partial charge < -0.3 is 15.8 Å². The molecule has 0 aliphatic carbocycles. The largest absolute Gasteiger partial charge is 0.495 e. The third-order valence-electron chi connectivity index (χ3n) is 5.45. The highest BCUT2D eigenvalue weighted by Gasteiger charge is 2.36. The van der Waals surface area contributed by atoms with Crippen LogP contribution in [0.15, 0.2) is 47.7 Å². The highest BCUT2D eigenvalue weighted by atomic mass is 32.2. The highest BCUT2D eigenvalue weighted by molar-refractivity contribution is 7.92. The number of anilines is 2. The molecule has 12 heteroatoms. The summed E-state index contributed by atoms with van der Waals surface area (Å²) in [4.78, 5) is 12.2. The molecule has 0 fully saturated rings. The minimum absolute atomic E-state index is 0.246. The number of fused-ring (bicyclic) bond motifs is 1. The van der Waals surface area contributed by atoms with E-state index in [2.05, 4.69) is 20.3 Å². The molecule has 34 heavy (non-hydrogen) atoms. The summed E-state index contributed by atoms with van der Waals surface area (Å²) < 4.78 is 69.9. The number of methoxy groups -OCH3 is 1. The molecule has 2 heterocycles. The van der Waals surface area contributed by atoms with Gasteiger partial charge in [-0.05, 0) is 44.2 Å². The lowest BCUT2D eigenvalue weighted by Crippen LogP contribution is -2.45. The fraction of sp³-hybridized carbons (Fsp3) is 0.318. The van der Waals surface area contributed by atoms with Gasteiger partial charge in [-0.2, -0.15) is 0 Å². The average Bonchev–Trinajstić information content (AvgIpc) is 2.77. The van der Waals surface area contributed by atoms with Gasteiger partial charge >= 0.3 is 0 Å². The molecule has 0 aliphatic rings. The van der Waals surface area contributed by atoms with Crippen LogP contribution in [0.5, 0.6) is 5.75 Å². The zero-order valence-electron chi connectivity index (χ0n) is 18.9. The van der Waals surface area contributed by atoms with Crippen molar-refractivity contribution >= 4 is 38.1 Å². The molecule has 0 spiro atoms. The zero-order valence-corrected chi connectivity index (χ0v) is 19.7. The van der Waals surface area contributed by atoms with Crippen LogP contribution in [0.1, 0.15) is 25.5 Å². The fourth-order valence-corrected chi connectivity index (χ4v) is 3.42. The molecule has 8 nitrogen and oxygen atoms in total. The van der Waals surface area contributed by atoms with Gasteiger partial charge in [-0.3, -0.25) is 4.99 Å². The van der Waals surface area contributed by atoms with Crippen LogP contribution in [0.2, 0.25) is 0 Å². The van der Waals surface area contributed by atoms with Crippen molar-refractivity contribution in [3.63, 3.8) is 0 Å². The Morgan fingerprint density at radius 1 is 1.21 bits per heavy atom.